The fourth-order valence-corrected chi connectivity index (χ4v) is 6.30. The number of fused-ring (bicyclic) bond motifs is 8. The van der Waals surface area contributed by atoms with E-state index in [1.165, 1.54) is 35.1 Å². The van der Waals surface area contributed by atoms with Gasteiger partial charge < -0.3 is 33.7 Å². The van der Waals surface area contributed by atoms with E-state index in [2.05, 4.69) is 59.4 Å². The number of rotatable bonds is 18. The van der Waals surface area contributed by atoms with Gasteiger partial charge in [-0.25, -0.2) is 0 Å². The third kappa shape index (κ3) is 8.90. The van der Waals surface area contributed by atoms with E-state index < -0.39 is 0 Å². The molecule has 0 spiro atoms. The van der Waals surface area contributed by atoms with Gasteiger partial charge in [-0.3, -0.25) is 9.98 Å². The van der Waals surface area contributed by atoms with Crippen molar-refractivity contribution in [2.24, 2.45) is 9.98 Å². The molecular formula is C38H52N4O5. The van der Waals surface area contributed by atoms with Crippen molar-refractivity contribution in [3.63, 3.8) is 0 Å². The standard InChI is InChI=1S/C38H52N4O5/c1-6-7-8-9-16-47-37-25-32-28(14-19-45-4)23-34(41-32)33-21-26(12-17-43-2)30(39-33)10-11-31-27(13-18-44-3)22-35(40-31)36-24-29(15-20-46-5)38(37)42-36/h10-11,21-25,32,38-40H,6-9,12-20H2,1-5H3/b11-10-,37-25+. The lowest BCUT2D eigenvalue weighted by Gasteiger charge is -2.20. The van der Waals surface area contributed by atoms with Gasteiger partial charge in [0.05, 0.1) is 48.7 Å². The van der Waals surface area contributed by atoms with E-state index in [9.17, 15) is 0 Å². The number of aromatic amines is 2. The Labute approximate surface area is 279 Å². The lowest BCUT2D eigenvalue weighted by atomic mass is 9.99. The van der Waals surface area contributed by atoms with E-state index in [0.717, 1.165) is 78.5 Å². The molecule has 2 aromatic heterocycles. The van der Waals surface area contributed by atoms with Crippen LogP contribution in [-0.2, 0) is 36.5 Å². The normalized spacial score (nSPS) is 20.4. The van der Waals surface area contributed by atoms with Gasteiger partial charge in [0.15, 0.2) is 0 Å². The number of nitrogens with zero attached hydrogens (tertiary/aromatic N) is 2. The number of aliphatic imine (C=N–C) groups is 2. The summed E-state index contributed by atoms with van der Waals surface area (Å²) >= 11 is 0. The number of H-pyrrole nitrogens is 2. The predicted octanol–water partition coefficient (Wildman–Crippen LogP) is 6.65. The van der Waals surface area contributed by atoms with E-state index >= 15 is 0 Å². The van der Waals surface area contributed by atoms with Gasteiger partial charge >= 0.3 is 0 Å². The first-order valence-corrected chi connectivity index (χ1v) is 17.1. The number of methoxy groups -OCH3 is 4. The van der Waals surface area contributed by atoms with Crippen LogP contribution < -0.4 is 0 Å². The molecule has 0 aliphatic carbocycles. The maximum Gasteiger partial charge on any atom is 0.129 e. The Morgan fingerprint density at radius 3 is 1.79 bits per heavy atom. The Morgan fingerprint density at radius 1 is 0.638 bits per heavy atom. The number of unbranched alkanes of at least 4 members (excludes halogenated alkanes) is 3. The van der Waals surface area contributed by atoms with Gasteiger partial charge in [-0.1, -0.05) is 26.2 Å². The molecule has 5 heterocycles. The second-order valence-electron chi connectivity index (χ2n) is 12.3. The lowest BCUT2D eigenvalue weighted by Crippen LogP contribution is -2.17. The molecule has 2 N–H and O–H groups in total. The van der Waals surface area contributed by atoms with Crippen LogP contribution in [0.2, 0.25) is 0 Å². The third-order valence-electron chi connectivity index (χ3n) is 8.96. The largest absolute Gasteiger partial charge is 0.496 e. The van der Waals surface area contributed by atoms with Gasteiger partial charge in [0, 0.05) is 53.0 Å². The average molecular weight is 645 g/mol. The van der Waals surface area contributed by atoms with E-state index in [4.69, 9.17) is 33.7 Å². The zero-order chi connectivity index (χ0) is 33.0. The van der Waals surface area contributed by atoms with Crippen LogP contribution in [0.5, 0.6) is 0 Å². The summed E-state index contributed by atoms with van der Waals surface area (Å²) in [4.78, 5) is 18.0. The fraction of sp³-hybridized carbons (Fsp3) is 0.526. The molecule has 8 bridgehead atoms. The van der Waals surface area contributed by atoms with Gasteiger partial charge in [0.2, 0.25) is 0 Å². The quantitative estimate of drug-likeness (QED) is 0.177. The van der Waals surface area contributed by atoms with Crippen LogP contribution in [0.3, 0.4) is 0 Å². The van der Waals surface area contributed by atoms with Gasteiger partial charge in [0.1, 0.15) is 11.8 Å². The van der Waals surface area contributed by atoms with Crippen molar-refractivity contribution in [2.45, 2.75) is 70.4 Å². The molecule has 2 aromatic rings. The molecule has 0 saturated carbocycles. The summed E-state index contributed by atoms with van der Waals surface area (Å²) in [6.45, 7) is 5.37. The molecule has 5 rings (SSSR count). The number of allylic oxidation sites excluding steroid dienone is 2. The van der Waals surface area contributed by atoms with Crippen LogP contribution >= 0.6 is 0 Å². The van der Waals surface area contributed by atoms with Gasteiger partial charge in [-0.15, -0.1) is 0 Å². The summed E-state index contributed by atoms with van der Waals surface area (Å²) in [6, 6.07) is 4.00. The molecular weight excluding hydrogens is 592 g/mol. The highest BCUT2D eigenvalue weighted by Crippen LogP contribution is 2.32. The first-order chi connectivity index (χ1) is 23.1. The molecule has 2 atom stereocenters. The molecule has 9 nitrogen and oxygen atoms in total. The van der Waals surface area contributed by atoms with Crippen molar-refractivity contribution in [2.75, 3.05) is 61.5 Å². The maximum absolute atomic E-state index is 6.67. The zero-order valence-electron chi connectivity index (χ0n) is 28.8. The average Bonchev–Trinajstić information content (AvgIpc) is 3.87. The second kappa shape index (κ2) is 17.6. The molecule has 0 fully saturated rings. The first-order valence-electron chi connectivity index (χ1n) is 17.1. The summed E-state index contributed by atoms with van der Waals surface area (Å²) in [5.74, 6) is 0.850. The SMILES string of the molecule is CCCCCCO/C1=C/C2N=C(C=C2CCOC)c2cc(CCOC)c([nH]2)/C=C\c2[nH]c(cc2CCOC)C2=NC1C(CCOC)=C2. The van der Waals surface area contributed by atoms with Gasteiger partial charge in [0.25, 0.3) is 0 Å². The fourth-order valence-electron chi connectivity index (χ4n) is 6.30. The maximum atomic E-state index is 6.67. The van der Waals surface area contributed by atoms with Crippen LogP contribution in [-0.4, -0.2) is 94.9 Å². The summed E-state index contributed by atoms with van der Waals surface area (Å²) in [7, 11) is 6.97. The Kier molecular flexibility index (Phi) is 13.0. The highest BCUT2D eigenvalue weighted by atomic mass is 16.5. The molecule has 3 aliphatic rings. The molecule has 0 amide bonds. The molecule has 2 unspecified atom stereocenters. The number of aromatic nitrogens is 2. The van der Waals surface area contributed by atoms with Crippen LogP contribution in [0.15, 0.2) is 57.3 Å². The van der Waals surface area contributed by atoms with Gasteiger partial charge in [-0.2, -0.15) is 0 Å². The number of hydrogen-bond donors (Lipinski definition) is 2. The first kappa shape index (κ1) is 34.8. The Hall–Kier alpha value is -3.50. The van der Waals surface area contributed by atoms with Crippen LogP contribution in [0.25, 0.3) is 12.2 Å². The van der Waals surface area contributed by atoms with Crippen LogP contribution in [0, 0.1) is 0 Å². The van der Waals surface area contributed by atoms with Crippen LogP contribution in [0.4, 0.5) is 0 Å². The minimum absolute atomic E-state index is 0.177. The van der Waals surface area contributed by atoms with E-state index in [1.807, 2.05) is 0 Å². The topological polar surface area (TPSA) is 102 Å². The lowest BCUT2D eigenvalue weighted by molar-refractivity contribution is 0.184. The van der Waals surface area contributed by atoms with E-state index in [-0.39, 0.29) is 12.1 Å². The molecule has 254 valence electrons. The predicted molar refractivity (Wildman–Crippen MR) is 190 cm³/mol. The monoisotopic (exact) mass is 644 g/mol. The highest BCUT2D eigenvalue weighted by molar-refractivity contribution is 6.11. The third-order valence-corrected chi connectivity index (χ3v) is 8.96. The summed E-state index contributed by atoms with van der Waals surface area (Å²) in [5.41, 5.74) is 10.7. The zero-order valence-corrected chi connectivity index (χ0v) is 28.8. The Bertz CT molecular complexity index is 1520. The number of nitrogens with one attached hydrogen (secondary N) is 2. The number of ether oxygens (including phenoxy) is 5. The molecule has 3 aliphatic heterocycles. The van der Waals surface area contributed by atoms with Crippen molar-refractivity contribution in [3.8, 4) is 0 Å². The molecule has 47 heavy (non-hydrogen) atoms. The van der Waals surface area contributed by atoms with Gasteiger partial charge in [-0.05, 0) is 96.9 Å². The van der Waals surface area contributed by atoms with Crippen LogP contribution in [0.1, 0.15) is 79.4 Å². The minimum Gasteiger partial charge on any atom is -0.496 e. The molecule has 0 aromatic carbocycles. The highest BCUT2D eigenvalue weighted by Gasteiger charge is 2.30. The Balaban J connectivity index is 1.65. The van der Waals surface area contributed by atoms with Crippen molar-refractivity contribution >= 4 is 23.6 Å². The summed E-state index contributed by atoms with van der Waals surface area (Å²) in [5, 5.41) is 0. The summed E-state index contributed by atoms with van der Waals surface area (Å²) < 4.78 is 28.6. The van der Waals surface area contributed by atoms with Crippen molar-refractivity contribution in [1.82, 2.24) is 9.97 Å². The van der Waals surface area contributed by atoms with E-state index in [0.29, 0.717) is 33.0 Å². The smallest absolute Gasteiger partial charge is 0.129 e. The minimum atomic E-state index is -0.246. The number of hydrogen-bond acceptors (Lipinski definition) is 7. The van der Waals surface area contributed by atoms with E-state index in [1.54, 1.807) is 28.4 Å². The Morgan fingerprint density at radius 2 is 1.19 bits per heavy atom. The molecule has 9 heteroatoms. The molecule has 0 radical (unpaired) electrons. The molecule has 0 saturated heterocycles. The van der Waals surface area contributed by atoms with Crippen molar-refractivity contribution in [3.05, 3.63) is 81.2 Å². The summed E-state index contributed by atoms with van der Waals surface area (Å²) in [6.07, 6.45) is 18.6. The second-order valence-corrected chi connectivity index (χ2v) is 12.3. The van der Waals surface area contributed by atoms with Crippen molar-refractivity contribution in [1.29, 1.82) is 0 Å². The van der Waals surface area contributed by atoms with Crippen molar-refractivity contribution < 1.29 is 23.7 Å².